The molecule has 0 bridgehead atoms. The molecule has 0 unspecified atom stereocenters. The molecule has 18 heavy (non-hydrogen) atoms. The average molecular weight is 249 g/mol. The number of nitrogens with two attached hydrogens (primary N) is 1. The Bertz CT molecular complexity index is 534. The molecule has 0 fully saturated rings. The summed E-state index contributed by atoms with van der Waals surface area (Å²) in [5.74, 6) is 0.642. The van der Waals surface area contributed by atoms with Gasteiger partial charge >= 0.3 is 0 Å². The fraction of sp³-hybridized carbons (Fsp3) is 0.462. The van der Waals surface area contributed by atoms with E-state index in [-0.39, 0.29) is 12.7 Å². The monoisotopic (exact) mass is 249 g/mol. The van der Waals surface area contributed by atoms with Gasteiger partial charge in [0, 0.05) is 12.2 Å². The second-order valence-corrected chi connectivity index (χ2v) is 4.51. The molecule has 0 radical (unpaired) electrons. The number of ether oxygens (including phenoxy) is 1. The number of nitrogen functional groups attached to an aromatic ring is 1. The summed E-state index contributed by atoms with van der Waals surface area (Å²) in [6, 6.07) is 5.57. The zero-order chi connectivity index (χ0) is 13.1. The number of fused-ring (bicyclic) bond motifs is 1. The maximum atomic E-state index is 9.34. The Morgan fingerprint density at radius 2 is 2.22 bits per heavy atom. The molecular weight excluding hydrogens is 230 g/mol. The molecule has 1 heterocycles. The van der Waals surface area contributed by atoms with E-state index >= 15 is 0 Å². The van der Waals surface area contributed by atoms with Crippen LogP contribution in [0.25, 0.3) is 11.0 Å². The molecule has 3 N–H and O–H groups in total. The molecule has 0 aliphatic rings. The van der Waals surface area contributed by atoms with Crippen molar-refractivity contribution >= 4 is 16.7 Å². The third kappa shape index (κ3) is 2.63. The predicted molar refractivity (Wildman–Crippen MR) is 71.2 cm³/mol. The smallest absolute Gasteiger partial charge is 0.135 e. The van der Waals surface area contributed by atoms with Crippen LogP contribution in [-0.4, -0.2) is 27.4 Å². The second kappa shape index (κ2) is 5.37. The van der Waals surface area contributed by atoms with Crippen LogP contribution in [-0.2, 0) is 17.9 Å². The Morgan fingerprint density at radius 3 is 2.89 bits per heavy atom. The molecule has 2 rings (SSSR count). The van der Waals surface area contributed by atoms with Crippen molar-refractivity contribution in [1.82, 2.24) is 9.55 Å². The number of aliphatic hydroxyl groups is 1. The lowest BCUT2D eigenvalue weighted by atomic mass is 10.3. The van der Waals surface area contributed by atoms with Crippen LogP contribution in [0, 0.1) is 0 Å². The topological polar surface area (TPSA) is 73.3 Å². The average Bonchev–Trinajstić information content (AvgIpc) is 2.66. The van der Waals surface area contributed by atoms with E-state index in [1.54, 1.807) is 0 Å². The van der Waals surface area contributed by atoms with Crippen LogP contribution in [0.4, 0.5) is 5.69 Å². The molecule has 0 saturated heterocycles. The Morgan fingerprint density at radius 1 is 1.44 bits per heavy atom. The standard InChI is InChI=1S/C13H19N3O2/c1-9(2)18-6-5-16-12-4-3-10(14)7-11(12)15-13(16)8-17/h3-4,7,9,17H,5-6,8,14H2,1-2H3. The number of benzene rings is 1. The fourth-order valence-electron chi connectivity index (χ4n) is 1.95. The van der Waals surface area contributed by atoms with Crippen LogP contribution < -0.4 is 5.73 Å². The lowest BCUT2D eigenvalue weighted by Gasteiger charge is -2.10. The van der Waals surface area contributed by atoms with Crippen molar-refractivity contribution in [3.05, 3.63) is 24.0 Å². The third-order valence-electron chi connectivity index (χ3n) is 2.76. The molecule has 98 valence electrons. The summed E-state index contributed by atoms with van der Waals surface area (Å²) in [5, 5.41) is 9.34. The third-order valence-corrected chi connectivity index (χ3v) is 2.76. The molecule has 0 saturated carbocycles. The Labute approximate surface area is 106 Å². The van der Waals surface area contributed by atoms with E-state index in [2.05, 4.69) is 4.98 Å². The lowest BCUT2D eigenvalue weighted by Crippen LogP contribution is -2.12. The maximum Gasteiger partial charge on any atom is 0.135 e. The molecule has 0 atom stereocenters. The van der Waals surface area contributed by atoms with Crippen molar-refractivity contribution in [2.45, 2.75) is 33.1 Å². The Hall–Kier alpha value is -1.59. The van der Waals surface area contributed by atoms with E-state index in [1.807, 2.05) is 36.6 Å². The van der Waals surface area contributed by atoms with Gasteiger partial charge in [0.15, 0.2) is 0 Å². The number of aliphatic hydroxyl groups excluding tert-OH is 1. The van der Waals surface area contributed by atoms with Crippen molar-refractivity contribution in [1.29, 1.82) is 0 Å². The van der Waals surface area contributed by atoms with E-state index in [4.69, 9.17) is 10.5 Å². The number of hydrogen-bond donors (Lipinski definition) is 2. The number of aromatic nitrogens is 2. The first kappa shape index (κ1) is 12.9. The minimum atomic E-state index is -0.0870. The van der Waals surface area contributed by atoms with E-state index in [0.29, 0.717) is 24.7 Å². The van der Waals surface area contributed by atoms with E-state index < -0.39 is 0 Å². The highest BCUT2D eigenvalue weighted by Crippen LogP contribution is 2.19. The van der Waals surface area contributed by atoms with E-state index in [0.717, 1.165) is 11.0 Å². The van der Waals surface area contributed by atoms with Crippen molar-refractivity contribution in [3.63, 3.8) is 0 Å². The summed E-state index contributed by atoms with van der Waals surface area (Å²) in [6.45, 7) is 5.19. The first-order valence-corrected chi connectivity index (χ1v) is 6.09. The fourth-order valence-corrected chi connectivity index (χ4v) is 1.95. The summed E-state index contributed by atoms with van der Waals surface area (Å²) >= 11 is 0. The molecule has 5 heteroatoms. The molecule has 5 nitrogen and oxygen atoms in total. The van der Waals surface area contributed by atoms with Crippen LogP contribution in [0.5, 0.6) is 0 Å². The van der Waals surface area contributed by atoms with Gasteiger partial charge in [-0.25, -0.2) is 4.98 Å². The van der Waals surface area contributed by atoms with Crippen molar-refractivity contribution in [2.24, 2.45) is 0 Å². The molecule has 2 aromatic rings. The van der Waals surface area contributed by atoms with Gasteiger partial charge in [0.05, 0.1) is 23.7 Å². The maximum absolute atomic E-state index is 9.34. The molecule has 1 aromatic heterocycles. The van der Waals surface area contributed by atoms with Gasteiger partial charge in [0.25, 0.3) is 0 Å². The number of anilines is 1. The normalized spacial score (nSPS) is 11.6. The van der Waals surface area contributed by atoms with Gasteiger partial charge in [-0.05, 0) is 32.0 Å². The van der Waals surface area contributed by atoms with Gasteiger partial charge in [-0.3, -0.25) is 0 Å². The van der Waals surface area contributed by atoms with Gasteiger partial charge in [-0.1, -0.05) is 0 Å². The van der Waals surface area contributed by atoms with Crippen molar-refractivity contribution < 1.29 is 9.84 Å². The molecule has 0 spiro atoms. The number of imidazole rings is 1. The zero-order valence-corrected chi connectivity index (χ0v) is 10.8. The van der Waals surface area contributed by atoms with Crippen LogP contribution in [0.3, 0.4) is 0 Å². The lowest BCUT2D eigenvalue weighted by molar-refractivity contribution is 0.0723. The van der Waals surface area contributed by atoms with Crippen molar-refractivity contribution in [2.75, 3.05) is 12.3 Å². The first-order chi connectivity index (χ1) is 8.61. The molecular formula is C13H19N3O2. The van der Waals surface area contributed by atoms with E-state index in [9.17, 15) is 5.11 Å². The van der Waals surface area contributed by atoms with Crippen LogP contribution in [0.1, 0.15) is 19.7 Å². The van der Waals surface area contributed by atoms with Gasteiger partial charge in [0.2, 0.25) is 0 Å². The summed E-state index contributed by atoms with van der Waals surface area (Å²) in [4.78, 5) is 4.37. The summed E-state index contributed by atoms with van der Waals surface area (Å²) in [7, 11) is 0. The minimum Gasteiger partial charge on any atom is -0.399 e. The summed E-state index contributed by atoms with van der Waals surface area (Å²) in [6.07, 6.45) is 0.202. The molecule has 0 aliphatic heterocycles. The minimum absolute atomic E-state index is 0.0870. The van der Waals surface area contributed by atoms with Gasteiger partial charge in [-0.2, -0.15) is 0 Å². The first-order valence-electron chi connectivity index (χ1n) is 6.09. The largest absolute Gasteiger partial charge is 0.399 e. The van der Waals surface area contributed by atoms with Crippen LogP contribution in [0.2, 0.25) is 0 Å². The number of rotatable bonds is 5. The molecule has 1 aromatic carbocycles. The number of nitrogens with zero attached hydrogens (tertiary/aromatic N) is 2. The van der Waals surface area contributed by atoms with Gasteiger partial charge < -0.3 is 20.1 Å². The highest BCUT2D eigenvalue weighted by atomic mass is 16.5. The summed E-state index contributed by atoms with van der Waals surface area (Å²) < 4.78 is 7.50. The predicted octanol–water partition coefficient (Wildman–Crippen LogP) is 1.54. The quantitative estimate of drug-likeness (QED) is 0.788. The van der Waals surface area contributed by atoms with Gasteiger partial charge in [-0.15, -0.1) is 0 Å². The SMILES string of the molecule is CC(C)OCCn1c(CO)nc2cc(N)ccc21. The molecule has 0 amide bonds. The van der Waals surface area contributed by atoms with Crippen molar-refractivity contribution in [3.8, 4) is 0 Å². The highest BCUT2D eigenvalue weighted by Gasteiger charge is 2.10. The highest BCUT2D eigenvalue weighted by molar-refractivity contribution is 5.79. The Balaban J connectivity index is 2.29. The number of hydrogen-bond acceptors (Lipinski definition) is 4. The zero-order valence-electron chi connectivity index (χ0n) is 10.8. The van der Waals surface area contributed by atoms with E-state index in [1.165, 1.54) is 0 Å². The molecule has 0 aliphatic carbocycles. The van der Waals surface area contributed by atoms with Crippen LogP contribution in [0.15, 0.2) is 18.2 Å². The van der Waals surface area contributed by atoms with Crippen LogP contribution >= 0.6 is 0 Å². The van der Waals surface area contributed by atoms with Gasteiger partial charge in [0.1, 0.15) is 12.4 Å². The Kier molecular flexibility index (Phi) is 3.84. The second-order valence-electron chi connectivity index (χ2n) is 4.51. The summed E-state index contributed by atoms with van der Waals surface area (Å²) in [5.41, 5.74) is 8.19.